The van der Waals surface area contributed by atoms with Crippen molar-refractivity contribution >= 4 is 5.97 Å². The predicted octanol–water partition coefficient (Wildman–Crippen LogP) is 0.426. The summed E-state index contributed by atoms with van der Waals surface area (Å²) < 4.78 is 5.46. The van der Waals surface area contributed by atoms with Gasteiger partial charge < -0.3 is 20.5 Å². The topological polar surface area (TPSA) is 70.6 Å². The maximum Gasteiger partial charge on any atom is 0.322 e. The SMILES string of the molecule is CNC(CNCCc1ccc2c(c1)CCO2)C(=O)O. The summed E-state index contributed by atoms with van der Waals surface area (Å²) in [6.45, 7) is 1.98. The summed E-state index contributed by atoms with van der Waals surface area (Å²) >= 11 is 0. The van der Waals surface area contributed by atoms with E-state index in [0.717, 1.165) is 31.7 Å². The number of fused-ring (bicyclic) bond motifs is 1. The summed E-state index contributed by atoms with van der Waals surface area (Å²) in [7, 11) is 1.65. The number of carboxylic acid groups (broad SMARTS) is 1. The molecule has 5 nitrogen and oxygen atoms in total. The third-order valence-electron chi connectivity index (χ3n) is 3.34. The van der Waals surface area contributed by atoms with Crippen molar-refractivity contribution in [3.8, 4) is 5.75 Å². The smallest absolute Gasteiger partial charge is 0.322 e. The lowest BCUT2D eigenvalue weighted by molar-refractivity contribution is -0.139. The molecule has 0 amide bonds. The van der Waals surface area contributed by atoms with Crippen LogP contribution in [0.15, 0.2) is 18.2 Å². The number of carbonyl (C=O) groups is 1. The van der Waals surface area contributed by atoms with Crippen LogP contribution in [0.2, 0.25) is 0 Å². The fraction of sp³-hybridized carbons (Fsp3) is 0.500. The van der Waals surface area contributed by atoms with Crippen LogP contribution in [0.1, 0.15) is 11.1 Å². The van der Waals surface area contributed by atoms with Crippen molar-refractivity contribution in [2.24, 2.45) is 0 Å². The molecule has 1 aliphatic rings. The molecular weight excluding hydrogens is 244 g/mol. The van der Waals surface area contributed by atoms with E-state index in [4.69, 9.17) is 9.84 Å². The zero-order valence-corrected chi connectivity index (χ0v) is 11.1. The third kappa shape index (κ3) is 3.68. The Kier molecular flexibility index (Phi) is 4.76. The number of hydrogen-bond acceptors (Lipinski definition) is 4. The minimum atomic E-state index is -0.829. The van der Waals surface area contributed by atoms with Gasteiger partial charge in [-0.15, -0.1) is 0 Å². The second kappa shape index (κ2) is 6.54. The molecule has 1 atom stereocenters. The van der Waals surface area contributed by atoms with E-state index in [2.05, 4.69) is 22.8 Å². The van der Waals surface area contributed by atoms with E-state index in [1.807, 2.05) is 6.07 Å². The molecule has 104 valence electrons. The number of nitrogens with one attached hydrogen (secondary N) is 2. The van der Waals surface area contributed by atoms with Gasteiger partial charge in [0.15, 0.2) is 0 Å². The van der Waals surface area contributed by atoms with E-state index in [1.54, 1.807) is 7.05 Å². The Hall–Kier alpha value is -1.59. The normalized spacial score (nSPS) is 14.8. The molecule has 19 heavy (non-hydrogen) atoms. The molecule has 0 aromatic heterocycles. The van der Waals surface area contributed by atoms with Crippen molar-refractivity contribution in [3.05, 3.63) is 29.3 Å². The van der Waals surface area contributed by atoms with Crippen molar-refractivity contribution in [1.82, 2.24) is 10.6 Å². The number of benzene rings is 1. The number of rotatable bonds is 7. The minimum Gasteiger partial charge on any atom is -0.493 e. The Bertz CT molecular complexity index is 448. The van der Waals surface area contributed by atoms with Gasteiger partial charge in [-0.05, 0) is 37.2 Å². The lowest BCUT2D eigenvalue weighted by Crippen LogP contribution is -2.43. The molecule has 1 aliphatic heterocycles. The maximum absolute atomic E-state index is 10.8. The number of ether oxygens (including phenoxy) is 1. The number of carboxylic acids is 1. The molecule has 1 aromatic carbocycles. The van der Waals surface area contributed by atoms with Crippen LogP contribution in [0.5, 0.6) is 5.75 Å². The fourth-order valence-corrected chi connectivity index (χ4v) is 2.19. The first-order chi connectivity index (χ1) is 9.20. The average Bonchev–Trinajstić information content (AvgIpc) is 2.85. The predicted molar refractivity (Wildman–Crippen MR) is 72.7 cm³/mol. The highest BCUT2D eigenvalue weighted by atomic mass is 16.5. The second-order valence-electron chi connectivity index (χ2n) is 4.67. The third-order valence-corrected chi connectivity index (χ3v) is 3.34. The van der Waals surface area contributed by atoms with Crippen molar-refractivity contribution in [3.63, 3.8) is 0 Å². The first-order valence-corrected chi connectivity index (χ1v) is 6.56. The molecular formula is C14H20N2O3. The summed E-state index contributed by atoms with van der Waals surface area (Å²) in [5, 5.41) is 14.8. The van der Waals surface area contributed by atoms with Crippen LogP contribution in [0.25, 0.3) is 0 Å². The Morgan fingerprint density at radius 2 is 2.37 bits per heavy atom. The van der Waals surface area contributed by atoms with E-state index < -0.39 is 12.0 Å². The fourth-order valence-electron chi connectivity index (χ4n) is 2.19. The Labute approximate surface area is 113 Å². The average molecular weight is 264 g/mol. The standard InChI is InChI=1S/C14H20N2O3/c1-15-12(14(17)18)9-16-6-4-10-2-3-13-11(8-10)5-7-19-13/h2-3,8,12,15-16H,4-7,9H2,1H3,(H,17,18). The Balaban J connectivity index is 1.75. The van der Waals surface area contributed by atoms with Crippen molar-refractivity contribution in [2.45, 2.75) is 18.9 Å². The largest absolute Gasteiger partial charge is 0.493 e. The number of likely N-dealkylation sites (N-methyl/N-ethyl adjacent to an activating group) is 1. The van der Waals surface area contributed by atoms with E-state index in [-0.39, 0.29) is 0 Å². The molecule has 0 bridgehead atoms. The van der Waals surface area contributed by atoms with Crippen molar-refractivity contribution in [2.75, 3.05) is 26.7 Å². The van der Waals surface area contributed by atoms with Crippen LogP contribution in [-0.4, -0.2) is 43.9 Å². The second-order valence-corrected chi connectivity index (χ2v) is 4.67. The van der Waals surface area contributed by atoms with Crippen LogP contribution in [0, 0.1) is 0 Å². The molecule has 3 N–H and O–H groups in total. The maximum atomic E-state index is 10.8. The highest BCUT2D eigenvalue weighted by Gasteiger charge is 2.14. The quantitative estimate of drug-likeness (QED) is 0.623. The van der Waals surface area contributed by atoms with Gasteiger partial charge in [-0.25, -0.2) is 0 Å². The van der Waals surface area contributed by atoms with Crippen LogP contribution in [0.3, 0.4) is 0 Å². The summed E-state index contributed by atoms with van der Waals surface area (Å²) in [4.78, 5) is 10.8. The van der Waals surface area contributed by atoms with Gasteiger partial charge >= 0.3 is 5.97 Å². The van der Waals surface area contributed by atoms with Gasteiger partial charge in [0.25, 0.3) is 0 Å². The summed E-state index contributed by atoms with van der Waals surface area (Å²) in [5.41, 5.74) is 2.53. The zero-order chi connectivity index (χ0) is 13.7. The highest BCUT2D eigenvalue weighted by Crippen LogP contribution is 2.25. The Morgan fingerprint density at radius 1 is 1.53 bits per heavy atom. The van der Waals surface area contributed by atoms with Crippen molar-refractivity contribution in [1.29, 1.82) is 0 Å². The van der Waals surface area contributed by atoms with E-state index in [9.17, 15) is 4.79 Å². The highest BCUT2D eigenvalue weighted by molar-refractivity contribution is 5.73. The van der Waals surface area contributed by atoms with Gasteiger partial charge in [0.2, 0.25) is 0 Å². The summed E-state index contributed by atoms with van der Waals surface area (Å²) in [6.07, 6.45) is 1.88. The van der Waals surface area contributed by atoms with Gasteiger partial charge in [-0.1, -0.05) is 12.1 Å². The molecule has 0 spiro atoms. The molecule has 0 saturated heterocycles. The monoisotopic (exact) mass is 264 g/mol. The van der Waals surface area contributed by atoms with Crippen molar-refractivity contribution < 1.29 is 14.6 Å². The van der Waals surface area contributed by atoms with Crippen LogP contribution >= 0.6 is 0 Å². The molecule has 0 saturated carbocycles. The molecule has 0 fully saturated rings. The van der Waals surface area contributed by atoms with Gasteiger partial charge in [-0.2, -0.15) is 0 Å². The molecule has 1 aromatic rings. The molecule has 0 aliphatic carbocycles. The lowest BCUT2D eigenvalue weighted by atomic mass is 10.1. The van der Waals surface area contributed by atoms with Crippen LogP contribution in [-0.2, 0) is 17.6 Å². The first-order valence-electron chi connectivity index (χ1n) is 6.56. The summed E-state index contributed by atoms with van der Waals surface area (Å²) in [6, 6.07) is 5.73. The molecule has 1 heterocycles. The van der Waals surface area contributed by atoms with Gasteiger partial charge in [0, 0.05) is 13.0 Å². The summed E-state index contributed by atoms with van der Waals surface area (Å²) in [5.74, 6) is 0.169. The van der Waals surface area contributed by atoms with Gasteiger partial charge in [-0.3, -0.25) is 4.79 Å². The van der Waals surface area contributed by atoms with Gasteiger partial charge in [0.1, 0.15) is 11.8 Å². The Morgan fingerprint density at radius 3 is 3.11 bits per heavy atom. The van der Waals surface area contributed by atoms with E-state index in [0.29, 0.717) is 6.54 Å². The van der Waals surface area contributed by atoms with Crippen LogP contribution in [0.4, 0.5) is 0 Å². The number of aliphatic carboxylic acids is 1. The molecule has 5 heteroatoms. The van der Waals surface area contributed by atoms with E-state index >= 15 is 0 Å². The number of hydrogen-bond donors (Lipinski definition) is 3. The molecule has 1 unspecified atom stereocenters. The zero-order valence-electron chi connectivity index (χ0n) is 11.1. The molecule has 2 rings (SSSR count). The van der Waals surface area contributed by atoms with Gasteiger partial charge in [0.05, 0.1) is 6.61 Å². The van der Waals surface area contributed by atoms with E-state index in [1.165, 1.54) is 11.1 Å². The first kappa shape index (κ1) is 13.8. The minimum absolute atomic E-state index is 0.430. The molecule has 0 radical (unpaired) electrons. The lowest BCUT2D eigenvalue weighted by Gasteiger charge is -2.12. The van der Waals surface area contributed by atoms with Crippen LogP contribution < -0.4 is 15.4 Å².